The molecule has 0 aromatic carbocycles. The van der Waals surface area contributed by atoms with Gasteiger partial charge in [-0.2, -0.15) is 0 Å². The molecule has 3 rings (SSSR count). The highest BCUT2D eigenvalue weighted by Crippen LogP contribution is 2.45. The third kappa shape index (κ3) is 1.62. The van der Waals surface area contributed by atoms with Gasteiger partial charge < -0.3 is 10.1 Å². The van der Waals surface area contributed by atoms with Crippen molar-refractivity contribution in [3.63, 3.8) is 0 Å². The lowest BCUT2D eigenvalue weighted by Gasteiger charge is -2.42. The van der Waals surface area contributed by atoms with E-state index in [0.29, 0.717) is 6.04 Å². The Hall–Kier alpha value is -0.380. The van der Waals surface area contributed by atoms with Gasteiger partial charge in [-0.1, -0.05) is 0 Å². The third-order valence-corrected chi connectivity index (χ3v) is 5.03. The smallest absolute Gasteiger partial charge is 0.105 e. The largest absolute Gasteiger partial charge is 0.369 e. The standard InChI is InChI=1S/C13H19NOS/c1-9-8-13(4-5-14-9)12-11(3-6-15-13)7-10(2)16-12/h7,9,14H,3-6,8H2,1-2H3/t9-,13-/m1/s1. The van der Waals surface area contributed by atoms with Crippen molar-refractivity contribution in [1.82, 2.24) is 5.32 Å². The molecular formula is C13H19NOS. The van der Waals surface area contributed by atoms with Crippen LogP contribution in [0.4, 0.5) is 0 Å². The number of hydrogen-bond acceptors (Lipinski definition) is 3. The molecule has 0 radical (unpaired) electrons. The average Bonchev–Trinajstić information content (AvgIpc) is 2.60. The fourth-order valence-corrected chi connectivity index (χ4v) is 4.33. The van der Waals surface area contributed by atoms with Crippen LogP contribution in [-0.2, 0) is 16.8 Å². The Bertz CT molecular complexity index is 401. The van der Waals surface area contributed by atoms with Crippen LogP contribution in [0, 0.1) is 6.92 Å². The highest BCUT2D eigenvalue weighted by molar-refractivity contribution is 7.12. The lowest BCUT2D eigenvalue weighted by Crippen LogP contribution is -2.48. The van der Waals surface area contributed by atoms with Crippen LogP contribution in [-0.4, -0.2) is 19.2 Å². The molecule has 1 fully saturated rings. The van der Waals surface area contributed by atoms with Crippen LogP contribution < -0.4 is 5.32 Å². The maximum absolute atomic E-state index is 6.19. The zero-order valence-corrected chi connectivity index (χ0v) is 10.8. The van der Waals surface area contributed by atoms with E-state index in [9.17, 15) is 0 Å². The van der Waals surface area contributed by atoms with E-state index in [1.54, 1.807) is 5.56 Å². The molecule has 2 aliphatic rings. The van der Waals surface area contributed by atoms with Crippen molar-refractivity contribution >= 4 is 11.3 Å². The van der Waals surface area contributed by atoms with Gasteiger partial charge in [0.1, 0.15) is 5.60 Å². The van der Waals surface area contributed by atoms with E-state index in [4.69, 9.17) is 4.74 Å². The molecule has 2 aliphatic heterocycles. The first-order valence-electron chi connectivity index (χ1n) is 6.17. The van der Waals surface area contributed by atoms with Crippen molar-refractivity contribution in [2.45, 2.75) is 44.8 Å². The van der Waals surface area contributed by atoms with Gasteiger partial charge in [0, 0.05) is 15.8 Å². The second-order valence-electron chi connectivity index (χ2n) is 5.11. The second-order valence-corrected chi connectivity index (χ2v) is 6.37. The summed E-state index contributed by atoms with van der Waals surface area (Å²) in [6.07, 6.45) is 3.35. The van der Waals surface area contributed by atoms with Crippen LogP contribution in [0.3, 0.4) is 0 Å². The molecule has 0 aliphatic carbocycles. The topological polar surface area (TPSA) is 21.3 Å². The molecule has 3 heterocycles. The molecule has 2 atom stereocenters. The Morgan fingerprint density at radius 1 is 1.56 bits per heavy atom. The van der Waals surface area contributed by atoms with Gasteiger partial charge in [-0.25, -0.2) is 0 Å². The number of fused-ring (bicyclic) bond motifs is 2. The number of ether oxygens (including phenoxy) is 1. The summed E-state index contributed by atoms with van der Waals surface area (Å²) < 4.78 is 6.19. The minimum Gasteiger partial charge on any atom is -0.369 e. The number of piperidine rings is 1. The summed E-state index contributed by atoms with van der Waals surface area (Å²) in [6, 6.07) is 2.93. The Labute approximate surface area is 101 Å². The van der Waals surface area contributed by atoms with Crippen LogP contribution in [0.5, 0.6) is 0 Å². The molecule has 0 unspecified atom stereocenters. The zero-order chi connectivity index (χ0) is 11.2. The fraction of sp³-hybridized carbons (Fsp3) is 0.692. The molecule has 0 saturated carbocycles. The van der Waals surface area contributed by atoms with Crippen molar-refractivity contribution in [2.75, 3.05) is 13.2 Å². The van der Waals surface area contributed by atoms with Gasteiger partial charge in [-0.3, -0.25) is 0 Å². The quantitative estimate of drug-likeness (QED) is 0.749. The van der Waals surface area contributed by atoms with Crippen LogP contribution in [0.25, 0.3) is 0 Å². The molecule has 0 bridgehead atoms. The van der Waals surface area contributed by atoms with Crippen LogP contribution in [0.15, 0.2) is 6.07 Å². The first kappa shape index (κ1) is 10.8. The van der Waals surface area contributed by atoms with Crippen molar-refractivity contribution in [3.8, 4) is 0 Å². The molecule has 1 saturated heterocycles. The van der Waals surface area contributed by atoms with Gasteiger partial charge >= 0.3 is 0 Å². The van der Waals surface area contributed by atoms with Gasteiger partial charge in [-0.05, 0) is 51.3 Å². The maximum Gasteiger partial charge on any atom is 0.105 e. The average molecular weight is 237 g/mol. The van der Waals surface area contributed by atoms with E-state index < -0.39 is 0 Å². The lowest BCUT2D eigenvalue weighted by atomic mass is 9.83. The number of thiophene rings is 1. The van der Waals surface area contributed by atoms with E-state index in [2.05, 4.69) is 25.2 Å². The van der Waals surface area contributed by atoms with Crippen LogP contribution in [0.2, 0.25) is 0 Å². The molecule has 1 aromatic heterocycles. The predicted octanol–water partition coefficient (Wildman–Crippen LogP) is 2.60. The van der Waals surface area contributed by atoms with Gasteiger partial charge in [0.25, 0.3) is 0 Å². The molecular weight excluding hydrogens is 218 g/mol. The minimum atomic E-state index is 0.0389. The van der Waals surface area contributed by atoms with Crippen molar-refractivity contribution in [3.05, 3.63) is 21.4 Å². The minimum absolute atomic E-state index is 0.0389. The Balaban J connectivity index is 2.02. The highest BCUT2D eigenvalue weighted by Gasteiger charge is 2.42. The summed E-state index contributed by atoms with van der Waals surface area (Å²) in [5.41, 5.74) is 1.58. The van der Waals surface area contributed by atoms with E-state index in [1.165, 1.54) is 9.75 Å². The van der Waals surface area contributed by atoms with Crippen molar-refractivity contribution < 1.29 is 4.74 Å². The predicted molar refractivity (Wildman–Crippen MR) is 67.1 cm³/mol. The van der Waals surface area contributed by atoms with E-state index in [-0.39, 0.29) is 5.60 Å². The van der Waals surface area contributed by atoms with Gasteiger partial charge in [-0.15, -0.1) is 11.3 Å². The first-order chi connectivity index (χ1) is 7.70. The molecule has 88 valence electrons. The SMILES string of the molecule is Cc1cc2c(s1)[C@]1(CCN[C@H](C)C1)OCC2. The monoisotopic (exact) mass is 237 g/mol. The number of aryl methyl sites for hydroxylation is 1. The van der Waals surface area contributed by atoms with E-state index in [1.807, 2.05) is 11.3 Å². The Morgan fingerprint density at radius 2 is 2.44 bits per heavy atom. The second kappa shape index (κ2) is 3.83. The number of hydrogen-bond donors (Lipinski definition) is 1. The Morgan fingerprint density at radius 3 is 3.25 bits per heavy atom. The fourth-order valence-electron chi connectivity index (χ4n) is 3.09. The summed E-state index contributed by atoms with van der Waals surface area (Å²) in [7, 11) is 0. The lowest BCUT2D eigenvalue weighted by molar-refractivity contribution is -0.0848. The van der Waals surface area contributed by atoms with Crippen LogP contribution >= 0.6 is 11.3 Å². The summed E-state index contributed by atoms with van der Waals surface area (Å²) >= 11 is 1.94. The molecule has 1 spiro atoms. The highest BCUT2D eigenvalue weighted by atomic mass is 32.1. The van der Waals surface area contributed by atoms with Gasteiger partial charge in [0.15, 0.2) is 0 Å². The molecule has 16 heavy (non-hydrogen) atoms. The summed E-state index contributed by atoms with van der Waals surface area (Å²) in [5.74, 6) is 0. The van der Waals surface area contributed by atoms with E-state index >= 15 is 0 Å². The maximum atomic E-state index is 6.19. The number of rotatable bonds is 0. The first-order valence-corrected chi connectivity index (χ1v) is 6.98. The molecule has 2 nitrogen and oxygen atoms in total. The molecule has 3 heteroatoms. The number of nitrogens with one attached hydrogen (secondary N) is 1. The summed E-state index contributed by atoms with van der Waals surface area (Å²) in [4.78, 5) is 2.95. The van der Waals surface area contributed by atoms with Crippen molar-refractivity contribution in [1.29, 1.82) is 0 Å². The van der Waals surface area contributed by atoms with Gasteiger partial charge in [0.05, 0.1) is 6.61 Å². The molecule has 1 N–H and O–H groups in total. The third-order valence-electron chi connectivity index (χ3n) is 3.75. The molecule has 1 aromatic rings. The summed E-state index contributed by atoms with van der Waals surface area (Å²) in [5, 5.41) is 3.52. The van der Waals surface area contributed by atoms with Crippen LogP contribution in [0.1, 0.15) is 35.1 Å². The normalized spacial score (nSPS) is 34.0. The van der Waals surface area contributed by atoms with Gasteiger partial charge in [0.2, 0.25) is 0 Å². The summed E-state index contributed by atoms with van der Waals surface area (Å²) in [6.45, 7) is 6.45. The van der Waals surface area contributed by atoms with E-state index in [0.717, 1.165) is 32.4 Å². The zero-order valence-electron chi connectivity index (χ0n) is 10.0. The van der Waals surface area contributed by atoms with Crippen molar-refractivity contribution in [2.24, 2.45) is 0 Å². The molecule has 0 amide bonds. The Kier molecular flexibility index (Phi) is 2.57.